The molecule has 39 heavy (non-hydrogen) atoms. The maximum absolute atomic E-state index is 5.39. The van der Waals surface area contributed by atoms with Crippen molar-refractivity contribution in [2.45, 2.75) is 65.2 Å². The van der Waals surface area contributed by atoms with Gasteiger partial charge in [-0.25, -0.2) is 0 Å². The Kier molecular flexibility index (Phi) is 15.8. The number of thiocarbonyl (C=S) groups is 2. The van der Waals surface area contributed by atoms with E-state index in [-0.39, 0.29) is 17.1 Å². The molecule has 11 heteroatoms. The number of hydrogen-bond donors (Lipinski definition) is 2. The molecule has 0 saturated carbocycles. The Morgan fingerprint density at radius 2 is 1.00 bits per heavy atom. The van der Waals surface area contributed by atoms with E-state index in [4.69, 9.17) is 24.4 Å². The molecule has 2 aliphatic rings. The molecule has 211 valence electrons. The zero-order valence-corrected chi connectivity index (χ0v) is 25.8. The Morgan fingerprint density at radius 3 is 1.31 bits per heavy atom. The van der Waals surface area contributed by atoms with Crippen LogP contribution in [0, 0.1) is 0 Å². The summed E-state index contributed by atoms with van der Waals surface area (Å²) in [4.78, 5) is 12.9. The zero-order valence-electron chi connectivity index (χ0n) is 23.0. The maximum atomic E-state index is 5.39. The predicted octanol–water partition coefficient (Wildman–Crippen LogP) is 5.11. The number of nitrogens with zero attached hydrogens (tertiary/aromatic N) is 6. The molecule has 0 bridgehead atoms. The van der Waals surface area contributed by atoms with Crippen LogP contribution in [-0.4, -0.2) is 67.6 Å². The molecule has 2 aliphatic heterocycles. The number of hydrogen-bond acceptors (Lipinski definition) is 6. The zero-order chi connectivity index (χ0) is 27.0. The van der Waals surface area contributed by atoms with Crippen LogP contribution in [0.25, 0.3) is 0 Å². The number of nitrogens with one attached hydrogen (secondary N) is 2. The molecule has 0 atom stereocenters. The fourth-order valence-corrected chi connectivity index (χ4v) is 4.68. The molecule has 2 aromatic rings. The molecule has 0 unspecified atom stereocenters. The summed E-state index contributed by atoms with van der Waals surface area (Å²) in [6.45, 7) is 7.99. The van der Waals surface area contributed by atoms with E-state index in [1.165, 1.54) is 51.4 Å². The van der Waals surface area contributed by atoms with Gasteiger partial charge in [-0.05, 0) is 88.2 Å². The standard InChI is InChI=1S/2C14H20N4S.Mn/c2*1-12(13-8-4-5-9-15-13)16-17-14(19)18-10-6-2-3-7-11-18;/h2*4-5,8-9H,2-3,6-7,10-11H2,1H3,(H,17,19);. The van der Waals surface area contributed by atoms with Gasteiger partial charge in [-0.15, -0.1) is 0 Å². The molecule has 0 aromatic carbocycles. The topological polar surface area (TPSA) is 81.0 Å². The second-order valence-corrected chi connectivity index (χ2v) is 10.2. The fourth-order valence-electron chi connectivity index (χ4n) is 4.22. The van der Waals surface area contributed by atoms with E-state index < -0.39 is 0 Å². The first kappa shape index (κ1) is 32.7. The van der Waals surface area contributed by atoms with Gasteiger partial charge in [-0.1, -0.05) is 37.8 Å². The van der Waals surface area contributed by atoms with Gasteiger partial charge in [0.15, 0.2) is 10.2 Å². The quantitative estimate of drug-likeness (QED) is 0.215. The van der Waals surface area contributed by atoms with Crippen LogP contribution in [0.15, 0.2) is 59.0 Å². The first-order valence-corrected chi connectivity index (χ1v) is 14.4. The number of likely N-dealkylation sites (tertiary alicyclic amines) is 2. The van der Waals surface area contributed by atoms with E-state index >= 15 is 0 Å². The average Bonchev–Trinajstić information content (AvgIpc) is 3.42. The van der Waals surface area contributed by atoms with Gasteiger partial charge in [-0.2, -0.15) is 10.2 Å². The molecule has 0 spiro atoms. The van der Waals surface area contributed by atoms with E-state index in [0.29, 0.717) is 0 Å². The summed E-state index contributed by atoms with van der Waals surface area (Å²) in [5.41, 5.74) is 9.40. The van der Waals surface area contributed by atoms with E-state index in [0.717, 1.165) is 59.2 Å². The second kappa shape index (κ2) is 18.8. The van der Waals surface area contributed by atoms with Crippen molar-refractivity contribution in [2.75, 3.05) is 26.2 Å². The van der Waals surface area contributed by atoms with Crippen molar-refractivity contribution in [3.8, 4) is 0 Å². The van der Waals surface area contributed by atoms with Crippen molar-refractivity contribution in [1.29, 1.82) is 0 Å². The summed E-state index contributed by atoms with van der Waals surface area (Å²) in [5.74, 6) is 0. The Balaban J connectivity index is 0.000000267. The summed E-state index contributed by atoms with van der Waals surface area (Å²) >= 11 is 10.8. The Hall–Kier alpha value is -2.46. The Labute approximate surface area is 254 Å². The van der Waals surface area contributed by atoms with Crippen molar-refractivity contribution in [1.82, 2.24) is 30.6 Å². The number of pyridine rings is 2. The minimum absolute atomic E-state index is 0. The van der Waals surface area contributed by atoms with Crippen LogP contribution in [0.3, 0.4) is 0 Å². The molecule has 2 saturated heterocycles. The molecule has 2 N–H and O–H groups in total. The van der Waals surface area contributed by atoms with Gasteiger partial charge in [0, 0.05) is 55.6 Å². The largest absolute Gasteiger partial charge is 0.348 e. The van der Waals surface area contributed by atoms with Crippen LogP contribution in [0.2, 0.25) is 0 Å². The summed E-state index contributed by atoms with van der Waals surface area (Å²) in [6.07, 6.45) is 13.6. The van der Waals surface area contributed by atoms with Gasteiger partial charge < -0.3 is 9.80 Å². The van der Waals surface area contributed by atoms with Gasteiger partial charge >= 0.3 is 0 Å². The van der Waals surface area contributed by atoms with Crippen molar-refractivity contribution in [3.05, 3.63) is 60.2 Å². The Morgan fingerprint density at radius 1 is 0.641 bits per heavy atom. The summed E-state index contributed by atoms with van der Waals surface area (Å²) in [6, 6.07) is 11.6. The van der Waals surface area contributed by atoms with Gasteiger partial charge in [-0.3, -0.25) is 20.8 Å². The van der Waals surface area contributed by atoms with Crippen LogP contribution in [0.4, 0.5) is 0 Å². The number of aromatic nitrogens is 2. The smallest absolute Gasteiger partial charge is 0.189 e. The Bertz CT molecular complexity index is 964. The van der Waals surface area contributed by atoms with Gasteiger partial charge in [0.05, 0.1) is 22.8 Å². The third-order valence-electron chi connectivity index (χ3n) is 6.50. The van der Waals surface area contributed by atoms with Gasteiger partial charge in [0.2, 0.25) is 0 Å². The van der Waals surface area contributed by atoms with Crippen LogP contribution in [0.5, 0.6) is 0 Å². The van der Waals surface area contributed by atoms with Crippen molar-refractivity contribution < 1.29 is 17.1 Å². The summed E-state index contributed by atoms with van der Waals surface area (Å²) < 4.78 is 0. The second-order valence-electron chi connectivity index (χ2n) is 9.46. The molecule has 1 radical (unpaired) electrons. The molecular weight excluding hydrogens is 567 g/mol. The van der Waals surface area contributed by atoms with E-state index in [1.807, 2.05) is 50.2 Å². The predicted molar refractivity (Wildman–Crippen MR) is 164 cm³/mol. The fraction of sp³-hybridized carbons (Fsp3) is 0.500. The van der Waals surface area contributed by atoms with Gasteiger partial charge in [0.25, 0.3) is 0 Å². The third kappa shape index (κ3) is 12.1. The SMILES string of the molecule is CC(=NNC(=S)N1CCCCCC1)c1ccccn1.CC(=NNC(=S)N1CCCCCC1)c1ccccn1.[Mn]. The van der Waals surface area contributed by atoms with E-state index in [9.17, 15) is 0 Å². The van der Waals surface area contributed by atoms with E-state index in [2.05, 4.69) is 40.8 Å². The van der Waals surface area contributed by atoms with Crippen LogP contribution >= 0.6 is 24.4 Å². The van der Waals surface area contributed by atoms with Crippen molar-refractivity contribution >= 4 is 46.1 Å². The molecule has 2 aromatic heterocycles. The maximum Gasteiger partial charge on any atom is 0.189 e. The first-order valence-electron chi connectivity index (χ1n) is 13.6. The molecule has 2 fully saturated rings. The van der Waals surface area contributed by atoms with E-state index in [1.54, 1.807) is 12.4 Å². The van der Waals surface area contributed by atoms with Crippen molar-refractivity contribution in [3.63, 3.8) is 0 Å². The van der Waals surface area contributed by atoms with Crippen LogP contribution in [0.1, 0.15) is 76.6 Å². The minimum Gasteiger partial charge on any atom is -0.348 e. The van der Waals surface area contributed by atoms with Crippen LogP contribution in [-0.2, 0) is 17.1 Å². The third-order valence-corrected chi connectivity index (χ3v) is 7.20. The molecule has 0 amide bonds. The number of rotatable bonds is 4. The normalized spacial score (nSPS) is 16.5. The van der Waals surface area contributed by atoms with Gasteiger partial charge in [0.1, 0.15) is 0 Å². The monoisotopic (exact) mass is 607 g/mol. The minimum atomic E-state index is 0. The molecular formula is C28H40MnN8S2. The summed E-state index contributed by atoms with van der Waals surface area (Å²) in [7, 11) is 0. The molecule has 4 heterocycles. The molecule has 4 rings (SSSR count). The van der Waals surface area contributed by atoms with Crippen LogP contribution < -0.4 is 10.9 Å². The van der Waals surface area contributed by atoms with Crippen molar-refractivity contribution in [2.24, 2.45) is 10.2 Å². The average molecular weight is 608 g/mol. The summed E-state index contributed by atoms with van der Waals surface area (Å²) in [5, 5.41) is 10.1. The molecule has 0 aliphatic carbocycles. The number of hydrazone groups is 2. The first-order chi connectivity index (χ1) is 18.5. The molecule has 8 nitrogen and oxygen atoms in total.